The lowest BCUT2D eigenvalue weighted by Crippen LogP contribution is -2.02. The Bertz CT molecular complexity index is 779. The molecule has 0 fully saturated rings. The van der Waals surface area contributed by atoms with Gasteiger partial charge in [0.1, 0.15) is 6.33 Å². The lowest BCUT2D eigenvalue weighted by molar-refractivity contribution is 0.507. The molecule has 0 saturated carbocycles. The number of benzene rings is 1. The van der Waals surface area contributed by atoms with Crippen LogP contribution in [0.15, 0.2) is 24.5 Å². The zero-order valence-electron chi connectivity index (χ0n) is 12.1. The second-order valence-electron chi connectivity index (χ2n) is 5.29. The zero-order chi connectivity index (χ0) is 15.7. The van der Waals surface area contributed by atoms with Crippen LogP contribution in [0.4, 0.5) is 8.78 Å². The Morgan fingerprint density at radius 2 is 2.05 bits per heavy atom. The first-order chi connectivity index (χ1) is 10.5. The maximum Gasteiger partial charge on any atom is 0.200 e. The molecule has 1 N–H and O–H groups in total. The van der Waals surface area contributed by atoms with Crippen molar-refractivity contribution in [3.63, 3.8) is 0 Å². The van der Waals surface area contributed by atoms with Crippen molar-refractivity contribution in [2.75, 3.05) is 0 Å². The van der Waals surface area contributed by atoms with Gasteiger partial charge in [-0.2, -0.15) is 10.2 Å². The van der Waals surface area contributed by atoms with Gasteiger partial charge in [0, 0.05) is 12.5 Å². The van der Waals surface area contributed by atoms with Crippen molar-refractivity contribution in [1.29, 1.82) is 0 Å². The largest absolute Gasteiger partial charge is 0.257 e. The molecule has 2 heterocycles. The fourth-order valence-electron chi connectivity index (χ4n) is 2.07. The first-order valence-electron chi connectivity index (χ1n) is 6.81. The molecule has 0 radical (unpaired) electrons. The monoisotopic (exact) mass is 304 g/mol. The molecular weight excluding hydrogens is 290 g/mol. The van der Waals surface area contributed by atoms with Crippen LogP contribution in [0.5, 0.6) is 0 Å². The Kier molecular flexibility index (Phi) is 3.66. The molecule has 22 heavy (non-hydrogen) atoms. The Morgan fingerprint density at radius 3 is 2.68 bits per heavy atom. The number of nitrogens with one attached hydrogen (secondary N) is 1. The van der Waals surface area contributed by atoms with Gasteiger partial charge >= 0.3 is 0 Å². The van der Waals surface area contributed by atoms with Gasteiger partial charge in [0.2, 0.25) is 5.82 Å². The molecule has 0 bridgehead atoms. The molecule has 3 rings (SSSR count). The minimum absolute atomic E-state index is 0.364. The summed E-state index contributed by atoms with van der Waals surface area (Å²) in [7, 11) is 0. The summed E-state index contributed by atoms with van der Waals surface area (Å²) in [4.78, 5) is 8.47. The zero-order valence-corrected chi connectivity index (χ0v) is 12.1. The molecule has 0 aliphatic rings. The van der Waals surface area contributed by atoms with Gasteiger partial charge in [-0.25, -0.2) is 23.4 Å². The number of aromatic amines is 1. The Hall–Kier alpha value is -2.64. The highest BCUT2D eigenvalue weighted by atomic mass is 19.2. The number of hydrogen-bond acceptors (Lipinski definition) is 4. The molecule has 0 spiro atoms. The molecule has 114 valence electrons. The summed E-state index contributed by atoms with van der Waals surface area (Å²) in [5, 5.41) is 10.9. The van der Waals surface area contributed by atoms with Crippen LogP contribution in [-0.4, -0.2) is 29.9 Å². The maximum absolute atomic E-state index is 13.5. The van der Waals surface area contributed by atoms with E-state index in [1.54, 1.807) is 0 Å². The third-order valence-corrected chi connectivity index (χ3v) is 3.02. The van der Waals surface area contributed by atoms with Crippen molar-refractivity contribution in [2.24, 2.45) is 5.92 Å². The molecule has 6 nitrogen and oxygen atoms in total. The second-order valence-corrected chi connectivity index (χ2v) is 5.29. The van der Waals surface area contributed by atoms with E-state index in [-0.39, 0.29) is 0 Å². The molecule has 1 aromatic carbocycles. The summed E-state index contributed by atoms with van der Waals surface area (Å²) in [5.41, 5.74) is 0.368. The fourth-order valence-corrected chi connectivity index (χ4v) is 2.07. The predicted octanol–water partition coefficient (Wildman–Crippen LogP) is 2.53. The van der Waals surface area contributed by atoms with Crippen molar-refractivity contribution < 1.29 is 8.78 Å². The minimum Gasteiger partial charge on any atom is -0.257 e. The lowest BCUT2D eigenvalue weighted by Gasteiger charge is -2.04. The topological polar surface area (TPSA) is 72.3 Å². The van der Waals surface area contributed by atoms with E-state index in [2.05, 4.69) is 25.3 Å². The molecule has 8 heteroatoms. The third kappa shape index (κ3) is 2.72. The van der Waals surface area contributed by atoms with Crippen molar-refractivity contribution in [3.8, 4) is 17.3 Å². The fraction of sp³-hybridized carbons (Fsp3) is 0.286. The van der Waals surface area contributed by atoms with E-state index in [0.717, 1.165) is 12.1 Å². The SMILES string of the molecule is CC(C)Cc1nc(-c2ncn[nH]2)n(-c2ccc(F)c(F)c2)n1. The Labute approximate surface area is 125 Å². The highest BCUT2D eigenvalue weighted by Crippen LogP contribution is 2.20. The average molecular weight is 304 g/mol. The maximum atomic E-state index is 13.5. The Balaban J connectivity index is 2.12. The van der Waals surface area contributed by atoms with Crippen molar-refractivity contribution in [2.45, 2.75) is 20.3 Å². The van der Waals surface area contributed by atoms with Crippen LogP contribution in [0.1, 0.15) is 19.7 Å². The molecule has 0 unspecified atom stereocenters. The van der Waals surface area contributed by atoms with Gasteiger partial charge in [-0.15, -0.1) is 0 Å². The van der Waals surface area contributed by atoms with E-state index in [1.807, 2.05) is 13.8 Å². The number of aromatic nitrogens is 6. The summed E-state index contributed by atoms with van der Waals surface area (Å²) in [6.07, 6.45) is 2.01. The average Bonchev–Trinajstić information content (AvgIpc) is 3.10. The van der Waals surface area contributed by atoms with Crippen molar-refractivity contribution >= 4 is 0 Å². The van der Waals surface area contributed by atoms with Crippen LogP contribution in [-0.2, 0) is 6.42 Å². The molecule has 0 atom stereocenters. The van der Waals surface area contributed by atoms with Crippen LogP contribution in [0.2, 0.25) is 0 Å². The smallest absolute Gasteiger partial charge is 0.200 e. The molecule has 0 saturated heterocycles. The van der Waals surface area contributed by atoms with E-state index in [4.69, 9.17) is 0 Å². The number of nitrogens with zero attached hydrogens (tertiary/aromatic N) is 5. The van der Waals surface area contributed by atoms with Crippen LogP contribution < -0.4 is 0 Å². The van der Waals surface area contributed by atoms with Gasteiger partial charge in [0.15, 0.2) is 23.3 Å². The molecule has 0 aliphatic heterocycles. The predicted molar refractivity (Wildman–Crippen MR) is 75.2 cm³/mol. The highest BCUT2D eigenvalue weighted by Gasteiger charge is 2.17. The molecular formula is C14H14F2N6. The second kappa shape index (κ2) is 5.63. The van der Waals surface area contributed by atoms with Gasteiger partial charge in [-0.1, -0.05) is 13.8 Å². The summed E-state index contributed by atoms with van der Waals surface area (Å²) < 4.78 is 28.0. The van der Waals surface area contributed by atoms with E-state index >= 15 is 0 Å². The lowest BCUT2D eigenvalue weighted by atomic mass is 10.1. The van der Waals surface area contributed by atoms with Crippen LogP contribution in [0.3, 0.4) is 0 Å². The highest BCUT2D eigenvalue weighted by molar-refractivity contribution is 5.48. The molecule has 0 amide bonds. The Morgan fingerprint density at radius 1 is 1.23 bits per heavy atom. The van der Waals surface area contributed by atoms with E-state index < -0.39 is 11.6 Å². The van der Waals surface area contributed by atoms with Crippen LogP contribution >= 0.6 is 0 Å². The number of rotatable bonds is 4. The minimum atomic E-state index is -0.943. The summed E-state index contributed by atoms with van der Waals surface area (Å²) >= 11 is 0. The first-order valence-corrected chi connectivity index (χ1v) is 6.81. The molecule has 2 aromatic heterocycles. The molecule has 0 aliphatic carbocycles. The summed E-state index contributed by atoms with van der Waals surface area (Å²) in [5.74, 6) is -0.0738. The molecule has 3 aromatic rings. The van der Waals surface area contributed by atoms with Crippen molar-refractivity contribution in [1.82, 2.24) is 29.9 Å². The first kappa shape index (κ1) is 14.3. The number of hydrogen-bond donors (Lipinski definition) is 1. The third-order valence-electron chi connectivity index (χ3n) is 3.02. The van der Waals surface area contributed by atoms with E-state index in [0.29, 0.717) is 35.5 Å². The van der Waals surface area contributed by atoms with Gasteiger partial charge in [-0.3, -0.25) is 5.10 Å². The van der Waals surface area contributed by atoms with E-state index in [9.17, 15) is 8.78 Å². The van der Waals surface area contributed by atoms with Crippen LogP contribution in [0.25, 0.3) is 17.3 Å². The standard InChI is InChI=1S/C14H14F2N6/c1-8(2)5-12-19-14(13-17-7-18-20-13)22(21-12)9-3-4-10(15)11(16)6-9/h3-4,6-8H,5H2,1-2H3,(H,17,18,20). The quantitative estimate of drug-likeness (QED) is 0.804. The van der Waals surface area contributed by atoms with E-state index in [1.165, 1.54) is 17.1 Å². The van der Waals surface area contributed by atoms with Gasteiger partial charge < -0.3 is 0 Å². The normalized spacial score (nSPS) is 11.3. The van der Waals surface area contributed by atoms with Gasteiger partial charge in [-0.05, 0) is 18.1 Å². The summed E-state index contributed by atoms with van der Waals surface area (Å²) in [6.45, 7) is 4.10. The number of halogens is 2. The van der Waals surface area contributed by atoms with Crippen LogP contribution in [0, 0.1) is 17.6 Å². The van der Waals surface area contributed by atoms with Gasteiger partial charge in [0.25, 0.3) is 0 Å². The summed E-state index contributed by atoms with van der Waals surface area (Å²) in [6, 6.07) is 3.56. The van der Waals surface area contributed by atoms with Gasteiger partial charge in [0.05, 0.1) is 5.69 Å². The van der Waals surface area contributed by atoms with Crippen molar-refractivity contribution in [3.05, 3.63) is 42.0 Å². The number of H-pyrrole nitrogens is 1.